The third kappa shape index (κ3) is 3.76. The topological polar surface area (TPSA) is 100 Å². The van der Waals surface area contributed by atoms with Crippen LogP contribution in [0.2, 0.25) is 5.02 Å². The van der Waals surface area contributed by atoms with E-state index in [1.807, 2.05) is 0 Å². The third-order valence-corrected chi connectivity index (χ3v) is 4.49. The number of carbonyl (C=O) groups is 2. The summed E-state index contributed by atoms with van der Waals surface area (Å²) in [6.07, 6.45) is 1.25. The molecule has 8 heteroatoms. The van der Waals surface area contributed by atoms with Crippen LogP contribution in [0.1, 0.15) is 18.4 Å². The zero-order valence-corrected chi connectivity index (χ0v) is 14.4. The van der Waals surface area contributed by atoms with Crippen LogP contribution in [0.15, 0.2) is 23.0 Å². The molecule has 2 aromatic rings. The van der Waals surface area contributed by atoms with Gasteiger partial charge in [0.2, 0.25) is 11.8 Å². The number of ether oxygens (including phenoxy) is 1. The molecule has 0 aliphatic carbocycles. The first-order valence-corrected chi connectivity index (χ1v) is 8.32. The standard InChI is InChI=1S/C17H18ClN3O4/c1-25-14-7-10-6-9(16(23)21-13(10)8-11(14)18)4-5-19-17(24)12-2-3-15(22)20-12/h6-8,12H,2-5H2,1H3,(H,19,24)(H,20,22)(H,21,23). The first-order valence-electron chi connectivity index (χ1n) is 7.94. The number of amides is 2. The van der Waals surface area contributed by atoms with Crippen molar-refractivity contribution in [2.75, 3.05) is 13.7 Å². The van der Waals surface area contributed by atoms with Crippen LogP contribution >= 0.6 is 11.6 Å². The summed E-state index contributed by atoms with van der Waals surface area (Å²) >= 11 is 6.06. The lowest BCUT2D eigenvalue weighted by atomic mass is 10.1. The van der Waals surface area contributed by atoms with Crippen molar-refractivity contribution >= 4 is 34.3 Å². The highest BCUT2D eigenvalue weighted by atomic mass is 35.5. The molecule has 1 aliphatic rings. The van der Waals surface area contributed by atoms with Crippen LogP contribution < -0.4 is 20.9 Å². The van der Waals surface area contributed by atoms with E-state index in [-0.39, 0.29) is 17.4 Å². The lowest BCUT2D eigenvalue weighted by Crippen LogP contribution is -2.42. The number of carbonyl (C=O) groups excluding carboxylic acids is 2. The number of aromatic amines is 1. The Hall–Kier alpha value is -2.54. The summed E-state index contributed by atoms with van der Waals surface area (Å²) in [7, 11) is 1.52. The van der Waals surface area contributed by atoms with Crippen molar-refractivity contribution in [1.82, 2.24) is 15.6 Å². The van der Waals surface area contributed by atoms with Gasteiger partial charge in [-0.25, -0.2) is 0 Å². The molecule has 0 saturated carbocycles. The second-order valence-corrected chi connectivity index (χ2v) is 6.30. The van der Waals surface area contributed by atoms with E-state index >= 15 is 0 Å². The van der Waals surface area contributed by atoms with Gasteiger partial charge in [0.1, 0.15) is 11.8 Å². The molecule has 0 radical (unpaired) electrons. The quantitative estimate of drug-likeness (QED) is 0.741. The highest BCUT2D eigenvalue weighted by Crippen LogP contribution is 2.28. The highest BCUT2D eigenvalue weighted by Gasteiger charge is 2.26. The van der Waals surface area contributed by atoms with Gasteiger partial charge >= 0.3 is 0 Å². The molecule has 2 amide bonds. The fraction of sp³-hybridized carbons (Fsp3) is 0.353. The second-order valence-electron chi connectivity index (χ2n) is 5.90. The minimum absolute atomic E-state index is 0.112. The Morgan fingerprint density at radius 2 is 2.16 bits per heavy atom. The Morgan fingerprint density at radius 1 is 1.36 bits per heavy atom. The smallest absolute Gasteiger partial charge is 0.251 e. The van der Waals surface area contributed by atoms with Gasteiger partial charge in [0.25, 0.3) is 5.56 Å². The van der Waals surface area contributed by atoms with Gasteiger partial charge < -0.3 is 20.4 Å². The van der Waals surface area contributed by atoms with Gasteiger partial charge in [-0.15, -0.1) is 0 Å². The van der Waals surface area contributed by atoms with Gasteiger partial charge in [0.15, 0.2) is 0 Å². The van der Waals surface area contributed by atoms with E-state index < -0.39 is 6.04 Å². The lowest BCUT2D eigenvalue weighted by Gasteiger charge is -2.11. The Balaban J connectivity index is 1.69. The summed E-state index contributed by atoms with van der Waals surface area (Å²) in [5, 5.41) is 6.58. The lowest BCUT2D eigenvalue weighted by molar-refractivity contribution is -0.125. The fourth-order valence-corrected chi connectivity index (χ4v) is 3.09. The molecule has 25 heavy (non-hydrogen) atoms. The van der Waals surface area contributed by atoms with E-state index in [0.29, 0.717) is 47.7 Å². The summed E-state index contributed by atoms with van der Waals surface area (Å²) in [4.78, 5) is 38.1. The maximum atomic E-state index is 12.2. The summed E-state index contributed by atoms with van der Waals surface area (Å²) in [5.74, 6) is 0.188. The van der Waals surface area contributed by atoms with Gasteiger partial charge in [-0.3, -0.25) is 14.4 Å². The van der Waals surface area contributed by atoms with Gasteiger partial charge in [-0.05, 0) is 31.0 Å². The summed E-state index contributed by atoms with van der Waals surface area (Å²) in [6.45, 7) is 0.310. The number of benzene rings is 1. The Morgan fingerprint density at radius 3 is 2.84 bits per heavy atom. The number of H-pyrrole nitrogens is 1. The zero-order valence-electron chi connectivity index (χ0n) is 13.6. The molecule has 0 spiro atoms. The van der Waals surface area contributed by atoms with Gasteiger partial charge in [-0.1, -0.05) is 11.6 Å². The van der Waals surface area contributed by atoms with E-state index in [9.17, 15) is 14.4 Å². The third-order valence-electron chi connectivity index (χ3n) is 4.20. The number of aromatic nitrogens is 1. The number of hydrogen-bond acceptors (Lipinski definition) is 4. The zero-order chi connectivity index (χ0) is 18.0. The normalized spacial score (nSPS) is 16.7. The summed E-state index contributed by atoms with van der Waals surface area (Å²) < 4.78 is 5.19. The van der Waals surface area contributed by atoms with Crippen molar-refractivity contribution in [3.05, 3.63) is 39.1 Å². The fourth-order valence-electron chi connectivity index (χ4n) is 2.85. The minimum atomic E-state index is -0.478. The van der Waals surface area contributed by atoms with Gasteiger partial charge in [0, 0.05) is 23.9 Å². The molecule has 3 rings (SSSR count). The number of halogens is 1. The van der Waals surface area contributed by atoms with Crippen LogP contribution in [-0.2, 0) is 16.0 Å². The van der Waals surface area contributed by atoms with Crippen molar-refractivity contribution in [1.29, 1.82) is 0 Å². The van der Waals surface area contributed by atoms with Crippen LogP contribution in [0.25, 0.3) is 10.9 Å². The van der Waals surface area contributed by atoms with Gasteiger partial charge in [0.05, 0.1) is 17.6 Å². The SMILES string of the molecule is COc1cc2cc(CCNC(=O)C3CCC(=O)N3)c(=O)[nH]c2cc1Cl. The van der Waals surface area contributed by atoms with Crippen LogP contribution in [0.5, 0.6) is 5.75 Å². The van der Waals surface area contributed by atoms with E-state index in [1.165, 1.54) is 7.11 Å². The number of nitrogens with one attached hydrogen (secondary N) is 3. The minimum Gasteiger partial charge on any atom is -0.495 e. The first kappa shape index (κ1) is 17.3. The predicted molar refractivity (Wildman–Crippen MR) is 94.0 cm³/mol. The first-order chi connectivity index (χ1) is 12.0. The largest absolute Gasteiger partial charge is 0.495 e. The maximum absolute atomic E-state index is 12.2. The molecule has 0 bridgehead atoms. The van der Waals surface area contributed by atoms with Crippen molar-refractivity contribution in [2.45, 2.75) is 25.3 Å². The van der Waals surface area contributed by atoms with Gasteiger partial charge in [-0.2, -0.15) is 0 Å². The average molecular weight is 364 g/mol. The van der Waals surface area contributed by atoms with Crippen molar-refractivity contribution in [2.24, 2.45) is 0 Å². The van der Waals surface area contributed by atoms with Crippen molar-refractivity contribution in [3.8, 4) is 5.75 Å². The number of methoxy groups -OCH3 is 1. The Bertz CT molecular complexity index is 893. The van der Waals surface area contributed by atoms with E-state index in [2.05, 4.69) is 15.6 Å². The molecule has 1 atom stereocenters. The van der Waals surface area contributed by atoms with Crippen LogP contribution in [0, 0.1) is 0 Å². The summed E-state index contributed by atoms with van der Waals surface area (Å²) in [5.41, 5.74) is 0.946. The molecule has 1 unspecified atom stereocenters. The molecule has 3 N–H and O–H groups in total. The number of pyridine rings is 1. The molecule has 1 saturated heterocycles. The maximum Gasteiger partial charge on any atom is 0.251 e. The van der Waals surface area contributed by atoms with Crippen LogP contribution in [0.4, 0.5) is 0 Å². The number of fused-ring (bicyclic) bond motifs is 1. The highest BCUT2D eigenvalue weighted by molar-refractivity contribution is 6.32. The summed E-state index contributed by atoms with van der Waals surface area (Å²) in [6, 6.07) is 4.68. The van der Waals surface area contributed by atoms with E-state index in [1.54, 1.807) is 18.2 Å². The molecular formula is C17H18ClN3O4. The van der Waals surface area contributed by atoms with Crippen molar-refractivity contribution < 1.29 is 14.3 Å². The Kier molecular flexibility index (Phi) is 4.94. The van der Waals surface area contributed by atoms with E-state index in [4.69, 9.17) is 16.3 Å². The van der Waals surface area contributed by atoms with Crippen molar-refractivity contribution in [3.63, 3.8) is 0 Å². The predicted octanol–water partition coefficient (Wildman–Crippen LogP) is 1.13. The molecule has 2 heterocycles. The number of hydrogen-bond donors (Lipinski definition) is 3. The Labute approximate surface area is 148 Å². The number of rotatable bonds is 5. The average Bonchev–Trinajstić information content (AvgIpc) is 3.01. The molecule has 1 fully saturated rings. The van der Waals surface area contributed by atoms with E-state index in [0.717, 1.165) is 5.39 Å². The second kappa shape index (κ2) is 7.14. The monoisotopic (exact) mass is 363 g/mol. The molecule has 7 nitrogen and oxygen atoms in total. The molecule has 1 aromatic heterocycles. The van der Waals surface area contributed by atoms with Crippen LogP contribution in [0.3, 0.4) is 0 Å². The molecule has 132 valence electrons. The molecule has 1 aliphatic heterocycles. The van der Waals surface area contributed by atoms with Crippen LogP contribution in [-0.4, -0.2) is 36.5 Å². The molecular weight excluding hydrogens is 346 g/mol. The molecule has 1 aromatic carbocycles.